The van der Waals surface area contributed by atoms with Crippen LogP contribution in [0, 0.1) is 0 Å². The van der Waals surface area contributed by atoms with Crippen molar-refractivity contribution >= 4 is 17.2 Å². The second-order valence-corrected chi connectivity index (χ2v) is 4.01. The van der Waals surface area contributed by atoms with Gasteiger partial charge in [-0.25, -0.2) is 4.68 Å². The van der Waals surface area contributed by atoms with Crippen LogP contribution in [0.25, 0.3) is 0 Å². The van der Waals surface area contributed by atoms with Crippen LogP contribution in [0.15, 0.2) is 0 Å². The molecule has 102 valence electrons. The monoisotopic (exact) mass is 282 g/mol. The number of thiocarbonyl (C=S) groups is 1. The maximum Gasteiger partial charge on any atom is 0.435 e. The molecule has 0 radical (unpaired) electrons. The zero-order valence-corrected chi connectivity index (χ0v) is 10.5. The van der Waals surface area contributed by atoms with E-state index in [9.17, 15) is 13.2 Å². The normalized spacial score (nSPS) is 11.8. The van der Waals surface area contributed by atoms with Gasteiger partial charge in [-0.2, -0.15) is 13.2 Å². The summed E-state index contributed by atoms with van der Waals surface area (Å²) in [6.07, 6.45) is -3.45. The number of hydrogen-bond acceptors (Lipinski definition) is 4. The summed E-state index contributed by atoms with van der Waals surface area (Å²) in [5.74, 6) is 0. The average Bonchev–Trinajstić information content (AvgIpc) is 2.68. The molecule has 1 aromatic rings. The van der Waals surface area contributed by atoms with Crippen LogP contribution in [-0.2, 0) is 17.5 Å². The highest BCUT2D eigenvalue weighted by Gasteiger charge is 2.39. The van der Waals surface area contributed by atoms with Crippen molar-refractivity contribution in [3.63, 3.8) is 0 Å². The Morgan fingerprint density at radius 2 is 2.11 bits per heavy atom. The number of methoxy groups -OCH3 is 1. The van der Waals surface area contributed by atoms with Gasteiger partial charge in [0.25, 0.3) is 0 Å². The summed E-state index contributed by atoms with van der Waals surface area (Å²) in [5.41, 5.74) is 3.72. The molecular weight excluding hydrogens is 269 g/mol. The van der Waals surface area contributed by atoms with Crippen molar-refractivity contribution in [3.8, 4) is 0 Å². The topological polar surface area (TPSA) is 66.0 Å². The van der Waals surface area contributed by atoms with Gasteiger partial charge in [0.15, 0.2) is 11.4 Å². The maximum atomic E-state index is 12.8. The summed E-state index contributed by atoms with van der Waals surface area (Å²) >= 11 is 4.53. The second-order valence-electron chi connectivity index (χ2n) is 3.57. The molecule has 1 aromatic heterocycles. The lowest BCUT2D eigenvalue weighted by molar-refractivity contribution is -0.144. The van der Waals surface area contributed by atoms with Gasteiger partial charge in [0.1, 0.15) is 4.99 Å². The molecule has 0 saturated heterocycles. The SMILES string of the molecule is COCCCCn1nnc(C(N)=S)c1C(F)(F)F. The van der Waals surface area contributed by atoms with E-state index in [1.165, 1.54) is 7.11 Å². The molecule has 0 amide bonds. The van der Waals surface area contributed by atoms with Gasteiger partial charge in [0.05, 0.1) is 0 Å². The average molecular weight is 282 g/mol. The molecule has 18 heavy (non-hydrogen) atoms. The number of alkyl halides is 3. The van der Waals surface area contributed by atoms with E-state index in [0.29, 0.717) is 19.4 Å². The van der Waals surface area contributed by atoms with Gasteiger partial charge < -0.3 is 10.5 Å². The van der Waals surface area contributed by atoms with E-state index >= 15 is 0 Å². The number of unbranched alkanes of at least 4 members (excludes halogenated alkanes) is 1. The zero-order valence-electron chi connectivity index (χ0n) is 9.70. The van der Waals surface area contributed by atoms with Crippen LogP contribution in [0.4, 0.5) is 13.2 Å². The van der Waals surface area contributed by atoms with E-state index in [-0.39, 0.29) is 6.54 Å². The Hall–Kier alpha value is -1.22. The minimum atomic E-state index is -4.58. The predicted octanol–water partition coefficient (Wildman–Crippen LogP) is 1.36. The van der Waals surface area contributed by atoms with Gasteiger partial charge in [-0.3, -0.25) is 0 Å². The second kappa shape index (κ2) is 6.10. The molecule has 0 spiro atoms. The Morgan fingerprint density at radius 1 is 1.44 bits per heavy atom. The van der Waals surface area contributed by atoms with Crippen LogP contribution in [0.3, 0.4) is 0 Å². The molecule has 5 nitrogen and oxygen atoms in total. The molecule has 0 fully saturated rings. The lowest BCUT2D eigenvalue weighted by atomic mass is 10.3. The predicted molar refractivity (Wildman–Crippen MR) is 62.0 cm³/mol. The van der Waals surface area contributed by atoms with E-state index in [4.69, 9.17) is 10.5 Å². The first-order valence-corrected chi connectivity index (χ1v) is 5.58. The van der Waals surface area contributed by atoms with Crippen LogP contribution in [0.2, 0.25) is 0 Å². The quantitative estimate of drug-likeness (QED) is 0.630. The summed E-state index contributed by atoms with van der Waals surface area (Å²) in [5, 5.41) is 6.82. The summed E-state index contributed by atoms with van der Waals surface area (Å²) < 4.78 is 44.1. The number of nitrogens with zero attached hydrogens (tertiary/aromatic N) is 3. The number of halogens is 3. The third-order valence-electron chi connectivity index (χ3n) is 2.21. The van der Waals surface area contributed by atoms with Crippen molar-refractivity contribution in [1.29, 1.82) is 0 Å². The van der Waals surface area contributed by atoms with Crippen molar-refractivity contribution in [3.05, 3.63) is 11.4 Å². The lowest BCUT2D eigenvalue weighted by Crippen LogP contribution is -2.21. The summed E-state index contributed by atoms with van der Waals surface area (Å²) in [6, 6.07) is 0. The van der Waals surface area contributed by atoms with E-state index in [0.717, 1.165) is 4.68 Å². The molecule has 0 aliphatic heterocycles. The van der Waals surface area contributed by atoms with E-state index in [1.54, 1.807) is 0 Å². The highest BCUT2D eigenvalue weighted by molar-refractivity contribution is 7.80. The first-order valence-electron chi connectivity index (χ1n) is 5.17. The van der Waals surface area contributed by atoms with Crippen LogP contribution in [0.1, 0.15) is 24.2 Å². The third-order valence-corrected chi connectivity index (χ3v) is 2.40. The van der Waals surface area contributed by atoms with Gasteiger partial charge in [-0.05, 0) is 12.8 Å². The number of ether oxygens (including phenoxy) is 1. The first-order chi connectivity index (χ1) is 8.38. The highest BCUT2D eigenvalue weighted by Crippen LogP contribution is 2.31. The lowest BCUT2D eigenvalue weighted by Gasteiger charge is -2.10. The molecule has 0 atom stereocenters. The van der Waals surface area contributed by atoms with Crippen molar-refractivity contribution in [2.45, 2.75) is 25.6 Å². The number of aryl methyl sites for hydroxylation is 1. The molecule has 9 heteroatoms. The van der Waals surface area contributed by atoms with Crippen LogP contribution in [0.5, 0.6) is 0 Å². The fraction of sp³-hybridized carbons (Fsp3) is 0.667. The van der Waals surface area contributed by atoms with Gasteiger partial charge >= 0.3 is 6.18 Å². The van der Waals surface area contributed by atoms with Crippen molar-refractivity contribution in [2.24, 2.45) is 5.73 Å². The third kappa shape index (κ3) is 3.64. The van der Waals surface area contributed by atoms with Crippen LogP contribution < -0.4 is 5.73 Å². The van der Waals surface area contributed by atoms with E-state index in [2.05, 4.69) is 22.5 Å². The zero-order chi connectivity index (χ0) is 13.8. The molecule has 0 unspecified atom stereocenters. The molecule has 1 rings (SSSR count). The highest BCUT2D eigenvalue weighted by atomic mass is 32.1. The summed E-state index contributed by atoms with van der Waals surface area (Å²) in [7, 11) is 1.53. The maximum absolute atomic E-state index is 12.8. The largest absolute Gasteiger partial charge is 0.435 e. The van der Waals surface area contributed by atoms with Gasteiger partial charge in [-0.1, -0.05) is 17.4 Å². The van der Waals surface area contributed by atoms with Crippen LogP contribution >= 0.6 is 12.2 Å². The van der Waals surface area contributed by atoms with Crippen LogP contribution in [-0.4, -0.2) is 33.7 Å². The Kier molecular flexibility index (Phi) is 5.03. The molecular formula is C9H13F3N4OS. The fourth-order valence-electron chi connectivity index (χ4n) is 1.42. The van der Waals surface area contributed by atoms with Gasteiger partial charge in [0, 0.05) is 20.3 Å². The fourth-order valence-corrected chi connectivity index (χ4v) is 1.56. The number of hydrogen-bond donors (Lipinski definition) is 1. The van der Waals surface area contributed by atoms with Crippen molar-refractivity contribution in [1.82, 2.24) is 15.0 Å². The molecule has 0 aromatic carbocycles. The molecule has 0 aliphatic carbocycles. The Labute approximate surface area is 107 Å². The van der Waals surface area contributed by atoms with E-state index in [1.807, 2.05) is 0 Å². The molecule has 0 bridgehead atoms. The molecule has 0 saturated carbocycles. The van der Waals surface area contributed by atoms with Crippen molar-refractivity contribution < 1.29 is 17.9 Å². The Morgan fingerprint density at radius 3 is 2.61 bits per heavy atom. The first kappa shape index (κ1) is 14.8. The standard InChI is InChI=1S/C9H13F3N4OS/c1-17-5-3-2-4-16-7(9(10,11)12)6(8(13)18)14-15-16/h2-5H2,1H3,(H2,13,18). The number of aromatic nitrogens is 3. The molecule has 2 N–H and O–H groups in total. The number of nitrogens with two attached hydrogens (primary N) is 1. The van der Waals surface area contributed by atoms with E-state index < -0.39 is 22.6 Å². The van der Waals surface area contributed by atoms with Gasteiger partial charge in [-0.15, -0.1) is 5.10 Å². The number of rotatable bonds is 6. The smallest absolute Gasteiger partial charge is 0.388 e. The van der Waals surface area contributed by atoms with Gasteiger partial charge in [0.2, 0.25) is 0 Å². The molecule has 0 aliphatic rings. The summed E-state index contributed by atoms with van der Waals surface area (Å²) in [6.45, 7) is 0.575. The Bertz CT molecular complexity index is 418. The molecule has 1 heterocycles. The minimum absolute atomic E-state index is 0.0911. The Balaban J connectivity index is 2.88. The summed E-state index contributed by atoms with van der Waals surface area (Å²) in [4.78, 5) is -0.412. The van der Waals surface area contributed by atoms with Crippen molar-refractivity contribution in [2.75, 3.05) is 13.7 Å². The minimum Gasteiger partial charge on any atom is -0.388 e.